The Bertz CT molecular complexity index is 8.00. The Kier molecular flexibility index (Phi) is 80.4. The van der Waals surface area contributed by atoms with Crippen LogP contribution in [0.4, 0.5) is 0 Å². The van der Waals surface area contributed by atoms with E-state index >= 15 is 0 Å². The Hall–Kier alpha value is 2.10. The molecule has 0 aromatic heterocycles. The van der Waals surface area contributed by atoms with Crippen LogP contribution in [0.15, 0.2) is 0 Å². The Labute approximate surface area is 64.7 Å². The molecular formula is H2ClFeMgMn. The van der Waals surface area contributed by atoms with E-state index in [1.54, 1.807) is 0 Å². The van der Waals surface area contributed by atoms with E-state index in [1.165, 1.54) is 0 Å². The number of rotatable bonds is 0. The molecule has 0 amide bonds. The van der Waals surface area contributed by atoms with Crippen LogP contribution in [0.2, 0.25) is 0 Å². The summed E-state index contributed by atoms with van der Waals surface area (Å²) in [6.07, 6.45) is 0. The van der Waals surface area contributed by atoms with Crippen LogP contribution in [0.5, 0.6) is 0 Å². The van der Waals surface area contributed by atoms with Crippen LogP contribution in [0.1, 0.15) is 0 Å². The first kappa shape index (κ1) is 16.5. The molecule has 0 aromatic carbocycles. The summed E-state index contributed by atoms with van der Waals surface area (Å²) in [5, 5.41) is 0. The van der Waals surface area contributed by atoms with Gasteiger partial charge in [-0.15, -0.1) is 0 Å². The summed E-state index contributed by atoms with van der Waals surface area (Å²) in [5.74, 6) is 0. The average molecular weight is 173 g/mol. The van der Waals surface area contributed by atoms with Crippen molar-refractivity contribution in [1.29, 1.82) is 0 Å². The monoisotopic (exact) mass is 172 g/mol. The van der Waals surface area contributed by atoms with Crippen LogP contribution in [0.3, 0.4) is 0 Å². The van der Waals surface area contributed by atoms with Crippen LogP contribution in [-0.4, -0.2) is 23.1 Å². The van der Waals surface area contributed by atoms with Crippen LogP contribution < -0.4 is 0 Å². The zero-order valence-electron chi connectivity index (χ0n) is 1.11. The smallest absolute Gasteiger partial charge is 0 e. The molecule has 0 unspecified atom stereocenters. The van der Waals surface area contributed by atoms with Gasteiger partial charge in [-0.25, -0.2) is 0 Å². The van der Waals surface area contributed by atoms with Crippen molar-refractivity contribution in [2.24, 2.45) is 0 Å². The molecule has 26 valence electrons. The van der Waals surface area contributed by atoms with E-state index in [9.17, 15) is 0 Å². The van der Waals surface area contributed by atoms with Crippen LogP contribution >= 0.6 is 10.1 Å². The molecule has 0 spiro atoms. The van der Waals surface area contributed by atoms with Crippen molar-refractivity contribution in [3.63, 3.8) is 0 Å². The maximum Gasteiger partial charge on any atom is 0.316 e. The van der Waals surface area contributed by atoms with Gasteiger partial charge in [0.2, 0.25) is 0 Å². The molecule has 0 rings (SSSR count). The molecule has 0 nitrogen and oxygen atoms in total. The van der Waals surface area contributed by atoms with Gasteiger partial charge in [0.05, 0.1) is 0 Å². The van der Waals surface area contributed by atoms with Crippen molar-refractivity contribution in [1.82, 2.24) is 0 Å². The molecule has 0 bridgehead atoms. The molecule has 4 heavy (non-hydrogen) atoms. The molecular weight excluding hydrogens is 171 g/mol. The Morgan fingerprint density at radius 1 is 1.25 bits per heavy atom. The molecule has 0 aliphatic heterocycles. The van der Waals surface area contributed by atoms with Crippen molar-refractivity contribution < 1.29 is 32.2 Å². The van der Waals surface area contributed by atoms with Gasteiger partial charge in [0.15, 0.2) is 0 Å². The predicted molar refractivity (Wildman–Crippen MR) is 14.4 cm³/mol. The molecule has 0 saturated carbocycles. The van der Waals surface area contributed by atoms with Gasteiger partial charge >= 0.3 is 48.3 Å². The minimum absolute atomic E-state index is 0. The SMILES string of the molecule is [Cl][Mn].[Fe].[MgH2]. The number of hydrogen-bond donors (Lipinski definition) is 0. The Balaban J connectivity index is -0.00000000500. The van der Waals surface area contributed by atoms with Gasteiger partial charge in [-0.3, -0.25) is 0 Å². The van der Waals surface area contributed by atoms with Crippen molar-refractivity contribution in [2.75, 3.05) is 0 Å². The van der Waals surface area contributed by atoms with E-state index in [1.807, 2.05) is 0 Å². The summed E-state index contributed by atoms with van der Waals surface area (Å²) < 4.78 is 0. The van der Waals surface area contributed by atoms with E-state index in [0.717, 1.165) is 0 Å². The summed E-state index contributed by atoms with van der Waals surface area (Å²) in [6.45, 7) is 0. The molecule has 0 N–H and O–H groups in total. The molecule has 0 heterocycles. The second kappa shape index (κ2) is 19.5. The predicted octanol–water partition coefficient (Wildman–Crippen LogP) is -0.232. The zero-order valence-corrected chi connectivity index (χ0v) is 4.15. The molecule has 4 heteroatoms. The summed E-state index contributed by atoms with van der Waals surface area (Å²) in [5.41, 5.74) is 0. The first-order valence-corrected chi connectivity index (χ1v) is 1.77. The van der Waals surface area contributed by atoms with Crippen molar-refractivity contribution in [3.8, 4) is 0 Å². The van der Waals surface area contributed by atoms with Crippen molar-refractivity contribution >= 4 is 33.2 Å². The standard InChI is InChI=1S/ClH.Fe.Mg.Mn.2H/h1H;;;;;/q;;;+1;;/p-1. The largest absolute Gasteiger partial charge is 0.316 e. The van der Waals surface area contributed by atoms with Gasteiger partial charge in [-0.2, -0.15) is 0 Å². The van der Waals surface area contributed by atoms with Crippen LogP contribution in [-0.2, 0) is 32.2 Å². The van der Waals surface area contributed by atoms with Crippen molar-refractivity contribution in [2.45, 2.75) is 0 Å². The van der Waals surface area contributed by atoms with Crippen molar-refractivity contribution in [3.05, 3.63) is 0 Å². The van der Waals surface area contributed by atoms with E-state index in [2.05, 4.69) is 25.2 Å². The third-order valence-corrected chi connectivity index (χ3v) is 0. The molecule has 0 aromatic rings. The molecule has 0 aliphatic rings. The molecule has 0 fully saturated rings. The first-order chi connectivity index (χ1) is 1.00. The quantitative estimate of drug-likeness (QED) is 0.443. The third kappa shape index (κ3) is 8.94. The third-order valence-electron chi connectivity index (χ3n) is 0. The van der Waals surface area contributed by atoms with Gasteiger partial charge in [0, 0.05) is 17.1 Å². The van der Waals surface area contributed by atoms with E-state index < -0.39 is 0 Å². The minimum atomic E-state index is 0. The Morgan fingerprint density at radius 2 is 1.25 bits per heavy atom. The zero-order chi connectivity index (χ0) is 2.00. The van der Waals surface area contributed by atoms with Gasteiger partial charge in [-0.05, 0) is 0 Å². The molecule has 0 atom stereocenters. The summed E-state index contributed by atoms with van der Waals surface area (Å²) in [4.78, 5) is 0. The van der Waals surface area contributed by atoms with Gasteiger partial charge in [0.25, 0.3) is 0 Å². The van der Waals surface area contributed by atoms with Gasteiger partial charge < -0.3 is 0 Å². The summed E-state index contributed by atoms with van der Waals surface area (Å²) >= 11 is 2.41. The first-order valence-electron chi connectivity index (χ1n) is 0.143. The van der Waals surface area contributed by atoms with E-state index in [-0.39, 0.29) is 40.1 Å². The molecule has 0 radical (unpaired) electrons. The van der Waals surface area contributed by atoms with E-state index in [0.29, 0.717) is 0 Å². The molecule has 0 aliphatic carbocycles. The minimum Gasteiger partial charge on any atom is 0 e. The van der Waals surface area contributed by atoms with Gasteiger partial charge in [0.1, 0.15) is 0 Å². The maximum absolute atomic E-state index is 4.45. The normalized spacial score (nSPS) is 1.50. The second-order valence-corrected chi connectivity index (χ2v) is 0. The van der Waals surface area contributed by atoms with Crippen LogP contribution in [0.25, 0.3) is 0 Å². The second-order valence-electron chi connectivity index (χ2n) is 0. The fourth-order valence-corrected chi connectivity index (χ4v) is 0. The fraction of sp³-hybridized carbons (Fsp3) is 0. The van der Waals surface area contributed by atoms with Crippen LogP contribution in [0, 0.1) is 0 Å². The summed E-state index contributed by atoms with van der Waals surface area (Å²) in [7, 11) is 4.45. The summed E-state index contributed by atoms with van der Waals surface area (Å²) in [6, 6.07) is 0. The fourth-order valence-electron chi connectivity index (χ4n) is 0. The Morgan fingerprint density at radius 3 is 1.25 bits per heavy atom. The maximum atomic E-state index is 4.45. The number of halogens is 1. The number of hydrogen-bond acceptors (Lipinski definition) is 0. The van der Waals surface area contributed by atoms with Gasteiger partial charge in [-0.1, -0.05) is 0 Å². The topological polar surface area (TPSA) is 0 Å². The molecule has 0 saturated heterocycles. The van der Waals surface area contributed by atoms with E-state index in [4.69, 9.17) is 0 Å². The average Bonchev–Trinajstić information content (AvgIpc) is 1.00.